The molecule has 1 aromatic carbocycles. The van der Waals surface area contributed by atoms with Crippen molar-refractivity contribution in [3.05, 3.63) is 30.0 Å². The normalized spacial score (nSPS) is 11.1. The quantitative estimate of drug-likeness (QED) is 0.644. The predicted octanol–water partition coefficient (Wildman–Crippen LogP) is 4.73. The molecular weight excluding hydrogens is 210 g/mol. The maximum Gasteiger partial charge on any atom is 0.131 e. The van der Waals surface area contributed by atoms with Gasteiger partial charge >= 0.3 is 0 Å². The minimum atomic E-state index is 1.04. The molecule has 0 saturated carbocycles. The highest BCUT2D eigenvalue weighted by Crippen LogP contribution is 2.19. The first-order chi connectivity index (χ1) is 8.42. The summed E-state index contributed by atoms with van der Waals surface area (Å²) in [6.45, 7) is 2.26. The van der Waals surface area contributed by atoms with E-state index in [1.807, 2.05) is 0 Å². The van der Waals surface area contributed by atoms with E-state index in [0.717, 1.165) is 17.3 Å². The lowest BCUT2D eigenvalue weighted by Crippen LogP contribution is -1.88. The molecule has 0 bridgehead atoms. The number of unbranched alkanes of at least 4 members (excludes halogenated alkanes) is 5. The summed E-state index contributed by atoms with van der Waals surface area (Å²) in [4.78, 5) is 0. The number of fused-ring (bicyclic) bond motifs is 1. The van der Waals surface area contributed by atoms with Crippen LogP contribution in [0.5, 0.6) is 0 Å². The van der Waals surface area contributed by atoms with E-state index >= 15 is 0 Å². The van der Waals surface area contributed by atoms with E-state index in [0.29, 0.717) is 0 Å². The number of aromatic nitrogens is 1. The van der Waals surface area contributed by atoms with Gasteiger partial charge in [-0.1, -0.05) is 56.3 Å². The van der Waals surface area contributed by atoms with Crippen LogP contribution in [0.25, 0.3) is 10.9 Å². The van der Waals surface area contributed by atoms with E-state index in [9.17, 15) is 0 Å². The number of hydrogen-bond donors (Lipinski definition) is 0. The van der Waals surface area contributed by atoms with Crippen LogP contribution in [0.15, 0.2) is 29.0 Å². The summed E-state index contributed by atoms with van der Waals surface area (Å²) in [6.07, 6.45) is 10.9. The summed E-state index contributed by atoms with van der Waals surface area (Å²) < 4.78 is 5.01. The number of aryl methyl sites for hydroxylation is 1. The van der Waals surface area contributed by atoms with Gasteiger partial charge < -0.3 is 4.52 Å². The van der Waals surface area contributed by atoms with Crippen molar-refractivity contribution in [1.29, 1.82) is 0 Å². The highest BCUT2D eigenvalue weighted by Gasteiger charge is 2.03. The second kappa shape index (κ2) is 6.43. The van der Waals surface area contributed by atoms with Crippen molar-refractivity contribution in [1.82, 2.24) is 5.16 Å². The van der Waals surface area contributed by atoms with Crippen molar-refractivity contribution >= 4 is 10.9 Å². The van der Waals surface area contributed by atoms with Gasteiger partial charge in [-0.05, 0) is 24.5 Å². The molecule has 2 heteroatoms. The summed E-state index contributed by atoms with van der Waals surface area (Å²) in [5.74, 6) is 0. The molecule has 0 aliphatic rings. The second-order valence-electron chi connectivity index (χ2n) is 4.69. The fraction of sp³-hybridized carbons (Fsp3) is 0.533. The largest absolute Gasteiger partial charge is 0.363 e. The van der Waals surface area contributed by atoms with E-state index in [-0.39, 0.29) is 0 Å². The van der Waals surface area contributed by atoms with Gasteiger partial charge in [0.1, 0.15) is 11.8 Å². The van der Waals surface area contributed by atoms with Gasteiger partial charge in [-0.15, -0.1) is 0 Å². The molecule has 0 fully saturated rings. The molecule has 0 aliphatic heterocycles. The predicted molar refractivity (Wildman–Crippen MR) is 71.1 cm³/mol. The Balaban J connectivity index is 1.80. The molecule has 0 atom stereocenters. The number of rotatable bonds is 7. The van der Waals surface area contributed by atoms with Crippen LogP contribution >= 0.6 is 0 Å². The molecule has 0 amide bonds. The lowest BCUT2D eigenvalue weighted by atomic mass is 10.0. The van der Waals surface area contributed by atoms with Crippen LogP contribution in [0.3, 0.4) is 0 Å². The molecule has 0 unspecified atom stereocenters. The third-order valence-corrected chi connectivity index (χ3v) is 3.27. The van der Waals surface area contributed by atoms with Crippen LogP contribution in [-0.2, 0) is 6.42 Å². The van der Waals surface area contributed by atoms with Gasteiger partial charge in [-0.2, -0.15) is 0 Å². The van der Waals surface area contributed by atoms with Crippen molar-refractivity contribution in [2.45, 2.75) is 51.9 Å². The Morgan fingerprint density at radius 3 is 2.76 bits per heavy atom. The van der Waals surface area contributed by atoms with Crippen molar-refractivity contribution in [2.24, 2.45) is 0 Å². The van der Waals surface area contributed by atoms with Crippen LogP contribution < -0.4 is 0 Å². The summed E-state index contributed by atoms with van der Waals surface area (Å²) in [7, 11) is 0. The SMILES string of the molecule is CCCCCCCCc1cccc2conc12. The Labute approximate surface area is 103 Å². The lowest BCUT2D eigenvalue weighted by Gasteiger charge is -2.02. The molecule has 17 heavy (non-hydrogen) atoms. The Hall–Kier alpha value is -1.31. The van der Waals surface area contributed by atoms with Gasteiger partial charge in [-0.3, -0.25) is 0 Å². The van der Waals surface area contributed by atoms with Crippen LogP contribution in [0, 0.1) is 0 Å². The molecule has 0 N–H and O–H groups in total. The van der Waals surface area contributed by atoms with Crippen molar-refractivity contribution < 1.29 is 4.52 Å². The van der Waals surface area contributed by atoms with Gasteiger partial charge in [0.05, 0.1) is 0 Å². The van der Waals surface area contributed by atoms with E-state index < -0.39 is 0 Å². The minimum Gasteiger partial charge on any atom is -0.363 e. The molecular formula is C15H21NO. The lowest BCUT2D eigenvalue weighted by molar-refractivity contribution is 0.427. The Kier molecular flexibility index (Phi) is 4.60. The number of nitrogens with zero attached hydrogens (tertiary/aromatic N) is 1. The molecule has 92 valence electrons. The van der Waals surface area contributed by atoms with Gasteiger partial charge in [0.15, 0.2) is 0 Å². The monoisotopic (exact) mass is 231 g/mol. The maximum atomic E-state index is 5.01. The molecule has 0 saturated heterocycles. The minimum absolute atomic E-state index is 1.04. The zero-order valence-corrected chi connectivity index (χ0v) is 10.6. The number of benzene rings is 1. The van der Waals surface area contributed by atoms with Crippen LogP contribution in [0.1, 0.15) is 51.0 Å². The highest BCUT2D eigenvalue weighted by molar-refractivity contribution is 5.80. The van der Waals surface area contributed by atoms with Gasteiger partial charge in [0.25, 0.3) is 0 Å². The Morgan fingerprint density at radius 2 is 1.88 bits per heavy atom. The van der Waals surface area contributed by atoms with Crippen LogP contribution in [0.2, 0.25) is 0 Å². The zero-order valence-electron chi connectivity index (χ0n) is 10.6. The highest BCUT2D eigenvalue weighted by atomic mass is 16.5. The topological polar surface area (TPSA) is 26.0 Å². The molecule has 2 aromatic rings. The summed E-state index contributed by atoms with van der Waals surface area (Å²) in [6, 6.07) is 6.30. The zero-order chi connectivity index (χ0) is 11.9. The summed E-state index contributed by atoms with van der Waals surface area (Å²) in [5.41, 5.74) is 2.37. The summed E-state index contributed by atoms with van der Waals surface area (Å²) >= 11 is 0. The molecule has 2 nitrogen and oxygen atoms in total. The summed E-state index contributed by atoms with van der Waals surface area (Å²) in [5, 5.41) is 5.19. The fourth-order valence-corrected chi connectivity index (χ4v) is 2.25. The van der Waals surface area contributed by atoms with Gasteiger partial charge in [-0.25, -0.2) is 0 Å². The van der Waals surface area contributed by atoms with Crippen molar-refractivity contribution in [3.63, 3.8) is 0 Å². The first-order valence-electron chi connectivity index (χ1n) is 6.74. The Bertz CT molecular complexity index is 447. The van der Waals surface area contributed by atoms with Gasteiger partial charge in [0.2, 0.25) is 0 Å². The van der Waals surface area contributed by atoms with Crippen LogP contribution in [-0.4, -0.2) is 5.16 Å². The average molecular weight is 231 g/mol. The first kappa shape index (κ1) is 12.2. The molecule has 0 spiro atoms. The Morgan fingerprint density at radius 1 is 1.06 bits per heavy atom. The maximum absolute atomic E-state index is 5.01. The van der Waals surface area contributed by atoms with E-state index in [1.54, 1.807) is 6.26 Å². The first-order valence-corrected chi connectivity index (χ1v) is 6.74. The molecule has 1 aromatic heterocycles. The van der Waals surface area contributed by atoms with Crippen molar-refractivity contribution in [2.75, 3.05) is 0 Å². The smallest absolute Gasteiger partial charge is 0.131 e. The average Bonchev–Trinajstić information content (AvgIpc) is 2.82. The van der Waals surface area contributed by atoms with Crippen molar-refractivity contribution in [3.8, 4) is 0 Å². The molecule has 0 radical (unpaired) electrons. The standard InChI is InChI=1S/C15H21NO/c1-2-3-4-5-6-7-9-13-10-8-11-14-12-17-16-15(13)14/h8,10-12H,2-7,9H2,1H3. The van der Waals surface area contributed by atoms with E-state index in [1.165, 1.54) is 44.1 Å². The molecule has 1 heterocycles. The van der Waals surface area contributed by atoms with E-state index in [2.05, 4.69) is 30.3 Å². The molecule has 2 rings (SSSR count). The van der Waals surface area contributed by atoms with Gasteiger partial charge in [0, 0.05) is 5.39 Å². The van der Waals surface area contributed by atoms with E-state index in [4.69, 9.17) is 4.52 Å². The molecule has 0 aliphatic carbocycles. The number of hydrogen-bond acceptors (Lipinski definition) is 2. The third kappa shape index (κ3) is 3.32. The second-order valence-corrected chi connectivity index (χ2v) is 4.69. The van der Waals surface area contributed by atoms with Crippen LogP contribution in [0.4, 0.5) is 0 Å². The third-order valence-electron chi connectivity index (χ3n) is 3.27. The fourth-order valence-electron chi connectivity index (χ4n) is 2.25.